The number of aromatic nitrogens is 3. The standard InChI is InChI=1S/C28H28BrN3O5/c1-2-37-27(34)24(29)17-21-10-6-11-22(16-21)18-32-25-23(12-7-13-30-25)26(33)31(28(32)35)14-15-36-19-20-8-4-3-5-9-20/h3-13,16,24H,2,14-15,17-19H2,1H3. The fraction of sp³-hybridized carbons (Fsp3) is 0.286. The molecule has 0 saturated carbocycles. The number of ether oxygens (including phenoxy) is 2. The Morgan fingerprint density at radius 2 is 1.73 bits per heavy atom. The summed E-state index contributed by atoms with van der Waals surface area (Å²) >= 11 is 3.39. The fourth-order valence-corrected chi connectivity index (χ4v) is 4.57. The lowest BCUT2D eigenvalue weighted by Gasteiger charge is -2.15. The third-order valence-electron chi connectivity index (χ3n) is 5.84. The predicted octanol–water partition coefficient (Wildman–Crippen LogP) is 3.69. The zero-order chi connectivity index (χ0) is 26.2. The normalized spacial score (nSPS) is 11.9. The molecule has 192 valence electrons. The second-order valence-electron chi connectivity index (χ2n) is 8.48. The summed E-state index contributed by atoms with van der Waals surface area (Å²) in [5, 5.41) is 0.365. The van der Waals surface area contributed by atoms with E-state index in [0.29, 0.717) is 30.7 Å². The first kappa shape index (κ1) is 26.5. The summed E-state index contributed by atoms with van der Waals surface area (Å²) in [5.74, 6) is -0.319. The molecule has 1 atom stereocenters. The van der Waals surface area contributed by atoms with Crippen LogP contribution in [0.4, 0.5) is 0 Å². The van der Waals surface area contributed by atoms with Gasteiger partial charge < -0.3 is 9.47 Å². The molecule has 9 heteroatoms. The van der Waals surface area contributed by atoms with Crippen LogP contribution in [0.5, 0.6) is 0 Å². The molecule has 0 aliphatic carbocycles. The maximum absolute atomic E-state index is 13.5. The van der Waals surface area contributed by atoms with E-state index in [9.17, 15) is 14.4 Å². The summed E-state index contributed by atoms with van der Waals surface area (Å²) in [5.41, 5.74) is 2.27. The van der Waals surface area contributed by atoms with Crippen LogP contribution < -0.4 is 11.2 Å². The summed E-state index contributed by atoms with van der Waals surface area (Å²) in [7, 11) is 0. The first-order valence-electron chi connectivity index (χ1n) is 12.1. The molecule has 0 saturated heterocycles. The number of pyridine rings is 1. The Morgan fingerprint density at radius 1 is 0.973 bits per heavy atom. The van der Waals surface area contributed by atoms with Crippen LogP contribution in [-0.4, -0.2) is 38.1 Å². The summed E-state index contributed by atoms with van der Waals surface area (Å²) < 4.78 is 13.5. The number of fused-ring (bicyclic) bond motifs is 1. The Balaban J connectivity index is 1.58. The van der Waals surface area contributed by atoms with E-state index in [2.05, 4.69) is 20.9 Å². The number of hydrogen-bond donors (Lipinski definition) is 0. The van der Waals surface area contributed by atoms with Gasteiger partial charge in [0.1, 0.15) is 10.5 Å². The molecule has 0 fully saturated rings. The van der Waals surface area contributed by atoms with Crippen molar-refractivity contribution in [3.05, 3.63) is 110 Å². The Labute approximate surface area is 222 Å². The van der Waals surface area contributed by atoms with Crippen LogP contribution in [0.15, 0.2) is 82.5 Å². The van der Waals surface area contributed by atoms with Gasteiger partial charge in [-0.2, -0.15) is 0 Å². The van der Waals surface area contributed by atoms with Gasteiger partial charge in [0.15, 0.2) is 0 Å². The number of rotatable bonds is 11. The van der Waals surface area contributed by atoms with Crippen LogP contribution >= 0.6 is 15.9 Å². The van der Waals surface area contributed by atoms with Crippen molar-refractivity contribution in [1.29, 1.82) is 0 Å². The highest BCUT2D eigenvalue weighted by molar-refractivity contribution is 9.10. The van der Waals surface area contributed by atoms with E-state index < -0.39 is 16.1 Å². The van der Waals surface area contributed by atoms with Gasteiger partial charge in [-0.05, 0) is 42.2 Å². The highest BCUT2D eigenvalue weighted by Crippen LogP contribution is 2.15. The third kappa shape index (κ3) is 6.61. The van der Waals surface area contributed by atoms with Crippen molar-refractivity contribution in [2.24, 2.45) is 0 Å². The van der Waals surface area contributed by atoms with E-state index in [1.165, 1.54) is 9.13 Å². The molecule has 0 bridgehead atoms. The van der Waals surface area contributed by atoms with Crippen LogP contribution in [-0.2, 0) is 40.4 Å². The second kappa shape index (κ2) is 12.6. The van der Waals surface area contributed by atoms with E-state index in [1.807, 2.05) is 54.6 Å². The Kier molecular flexibility index (Phi) is 9.03. The lowest BCUT2D eigenvalue weighted by Crippen LogP contribution is -2.41. The molecular formula is C28H28BrN3O5. The summed E-state index contributed by atoms with van der Waals surface area (Å²) in [6, 6.07) is 20.7. The van der Waals surface area contributed by atoms with E-state index in [0.717, 1.165) is 16.7 Å². The highest BCUT2D eigenvalue weighted by Gasteiger charge is 2.18. The Bertz CT molecular complexity index is 1480. The van der Waals surface area contributed by atoms with Crippen LogP contribution in [0.2, 0.25) is 0 Å². The zero-order valence-corrected chi connectivity index (χ0v) is 22.1. The quantitative estimate of drug-likeness (QED) is 0.156. The lowest BCUT2D eigenvalue weighted by atomic mass is 10.1. The molecular weight excluding hydrogens is 538 g/mol. The number of halogens is 1. The fourth-order valence-electron chi connectivity index (χ4n) is 4.07. The number of alkyl halides is 1. The molecule has 2 heterocycles. The first-order valence-corrected chi connectivity index (χ1v) is 13.0. The number of esters is 1. The molecule has 0 radical (unpaired) electrons. The van der Waals surface area contributed by atoms with Crippen LogP contribution in [0.25, 0.3) is 11.0 Å². The predicted molar refractivity (Wildman–Crippen MR) is 145 cm³/mol. The van der Waals surface area contributed by atoms with Gasteiger partial charge in [0.2, 0.25) is 0 Å². The van der Waals surface area contributed by atoms with Crippen LogP contribution in [0, 0.1) is 0 Å². The summed E-state index contributed by atoms with van der Waals surface area (Å²) in [6.07, 6.45) is 2.01. The molecule has 2 aromatic carbocycles. The minimum atomic E-state index is -0.467. The topological polar surface area (TPSA) is 92.4 Å². The van der Waals surface area contributed by atoms with Crippen molar-refractivity contribution in [2.75, 3.05) is 13.2 Å². The minimum absolute atomic E-state index is 0.125. The molecule has 0 amide bonds. The molecule has 37 heavy (non-hydrogen) atoms. The van der Waals surface area contributed by atoms with Crippen molar-refractivity contribution >= 4 is 32.9 Å². The van der Waals surface area contributed by atoms with Crippen molar-refractivity contribution in [2.45, 2.75) is 37.9 Å². The zero-order valence-electron chi connectivity index (χ0n) is 20.5. The van der Waals surface area contributed by atoms with E-state index in [-0.39, 0.29) is 25.7 Å². The van der Waals surface area contributed by atoms with E-state index in [1.54, 1.807) is 25.3 Å². The van der Waals surface area contributed by atoms with Gasteiger partial charge >= 0.3 is 11.7 Å². The molecule has 1 unspecified atom stereocenters. The molecule has 2 aromatic heterocycles. The maximum atomic E-state index is 13.5. The molecule has 0 N–H and O–H groups in total. The number of hydrogen-bond acceptors (Lipinski definition) is 6. The summed E-state index contributed by atoms with van der Waals surface area (Å²) in [4.78, 5) is 42.5. The summed E-state index contributed by atoms with van der Waals surface area (Å²) in [6.45, 7) is 3.04. The third-order valence-corrected chi connectivity index (χ3v) is 6.54. The number of benzene rings is 2. The van der Waals surface area contributed by atoms with Crippen molar-refractivity contribution in [3.63, 3.8) is 0 Å². The molecule has 0 spiro atoms. The number of nitrogens with zero attached hydrogens (tertiary/aromatic N) is 3. The molecule has 0 aliphatic rings. The second-order valence-corrected chi connectivity index (χ2v) is 9.59. The van der Waals surface area contributed by atoms with Gasteiger partial charge in [0.05, 0.1) is 38.3 Å². The Morgan fingerprint density at radius 3 is 2.51 bits per heavy atom. The largest absolute Gasteiger partial charge is 0.465 e. The van der Waals surface area contributed by atoms with Gasteiger partial charge in [0.25, 0.3) is 5.56 Å². The number of carbonyl (C=O) groups is 1. The minimum Gasteiger partial charge on any atom is -0.465 e. The van der Waals surface area contributed by atoms with Gasteiger partial charge in [-0.1, -0.05) is 70.5 Å². The van der Waals surface area contributed by atoms with Gasteiger partial charge in [0, 0.05) is 6.20 Å². The van der Waals surface area contributed by atoms with Crippen LogP contribution in [0.3, 0.4) is 0 Å². The number of carbonyl (C=O) groups excluding carboxylic acids is 1. The lowest BCUT2D eigenvalue weighted by molar-refractivity contribution is -0.142. The van der Waals surface area contributed by atoms with E-state index >= 15 is 0 Å². The average molecular weight is 566 g/mol. The van der Waals surface area contributed by atoms with Crippen LogP contribution in [0.1, 0.15) is 23.6 Å². The molecule has 4 rings (SSSR count). The molecule has 4 aromatic rings. The van der Waals surface area contributed by atoms with Crippen molar-refractivity contribution in [1.82, 2.24) is 14.1 Å². The van der Waals surface area contributed by atoms with E-state index in [4.69, 9.17) is 9.47 Å². The van der Waals surface area contributed by atoms with Gasteiger partial charge in [-0.15, -0.1) is 0 Å². The molecule has 8 nitrogen and oxygen atoms in total. The smallest absolute Gasteiger partial charge is 0.333 e. The van der Waals surface area contributed by atoms with Gasteiger partial charge in [-0.3, -0.25) is 18.7 Å². The average Bonchev–Trinajstić information content (AvgIpc) is 2.91. The van der Waals surface area contributed by atoms with Gasteiger partial charge in [-0.25, -0.2) is 9.78 Å². The van der Waals surface area contributed by atoms with Crippen molar-refractivity contribution in [3.8, 4) is 0 Å². The SMILES string of the molecule is CCOC(=O)C(Br)Cc1cccc(Cn2c(=O)n(CCOCc3ccccc3)c(=O)c3cccnc32)c1. The highest BCUT2D eigenvalue weighted by atomic mass is 79.9. The monoisotopic (exact) mass is 565 g/mol. The maximum Gasteiger partial charge on any atom is 0.333 e. The van der Waals surface area contributed by atoms with Crippen molar-refractivity contribution < 1.29 is 14.3 Å². The molecule has 0 aliphatic heterocycles. The first-order chi connectivity index (χ1) is 18.0. The Hall–Kier alpha value is -3.56.